The predicted octanol–water partition coefficient (Wildman–Crippen LogP) is 3.19. The van der Waals surface area contributed by atoms with Crippen LogP contribution in [0.1, 0.15) is 38.3 Å². The van der Waals surface area contributed by atoms with Crippen LogP contribution in [0.15, 0.2) is 30.4 Å². The van der Waals surface area contributed by atoms with Crippen molar-refractivity contribution in [3.63, 3.8) is 0 Å². The molecule has 29 heavy (non-hydrogen) atoms. The third-order valence-corrected chi connectivity index (χ3v) is 7.71. The Morgan fingerprint density at radius 2 is 1.55 bits per heavy atom. The number of aryl methyl sites for hydroxylation is 2. The summed E-state index contributed by atoms with van der Waals surface area (Å²) in [7, 11) is 0. The van der Waals surface area contributed by atoms with E-state index < -0.39 is 6.04 Å². The second-order valence-corrected chi connectivity index (χ2v) is 9.02. The molecular weight excluding hydrogens is 364 g/mol. The Hall–Kier alpha value is -2.43. The van der Waals surface area contributed by atoms with Crippen LogP contribution in [0.5, 0.6) is 0 Å². The quantitative estimate of drug-likeness (QED) is 0.618. The van der Waals surface area contributed by atoms with E-state index in [0.29, 0.717) is 11.8 Å². The van der Waals surface area contributed by atoms with E-state index in [-0.39, 0.29) is 41.4 Å². The molecule has 152 valence electrons. The van der Waals surface area contributed by atoms with Crippen molar-refractivity contribution in [3.8, 4) is 0 Å². The maximum atomic E-state index is 13.2. The number of amides is 3. The lowest BCUT2D eigenvalue weighted by Crippen LogP contribution is -2.46. The highest BCUT2D eigenvalue weighted by atomic mass is 16.2. The number of nitrogens with zero attached hydrogens (tertiary/aromatic N) is 1. The van der Waals surface area contributed by atoms with Crippen molar-refractivity contribution in [2.75, 3.05) is 5.32 Å². The molecule has 6 rings (SSSR count). The number of carbonyl (C=O) groups excluding carboxylic acids is 3. The Kier molecular flexibility index (Phi) is 4.19. The molecule has 5 aliphatic rings. The van der Waals surface area contributed by atoms with E-state index in [2.05, 4.69) is 31.3 Å². The summed E-state index contributed by atoms with van der Waals surface area (Å²) in [5, 5.41) is 3.04. The summed E-state index contributed by atoms with van der Waals surface area (Å²) < 4.78 is 0. The van der Waals surface area contributed by atoms with Crippen LogP contribution in [0.2, 0.25) is 0 Å². The van der Waals surface area contributed by atoms with Crippen LogP contribution in [-0.4, -0.2) is 28.7 Å². The number of anilines is 1. The smallest absolute Gasteiger partial charge is 0.247 e. The summed E-state index contributed by atoms with van der Waals surface area (Å²) in [6.45, 7) is 5.79. The van der Waals surface area contributed by atoms with Crippen LogP contribution < -0.4 is 5.32 Å². The molecule has 2 bridgehead atoms. The van der Waals surface area contributed by atoms with Gasteiger partial charge in [0.15, 0.2) is 0 Å². The lowest BCUT2D eigenvalue weighted by atomic mass is 9.63. The molecule has 0 spiro atoms. The minimum atomic E-state index is -0.800. The van der Waals surface area contributed by atoms with Crippen molar-refractivity contribution >= 4 is 23.4 Å². The molecule has 0 radical (unpaired) electrons. The van der Waals surface area contributed by atoms with Gasteiger partial charge in [0.05, 0.1) is 11.8 Å². The minimum absolute atomic E-state index is 0.146. The molecule has 0 aromatic heterocycles. The number of carbonyl (C=O) groups is 3. The molecule has 5 heteroatoms. The van der Waals surface area contributed by atoms with Crippen LogP contribution in [0.4, 0.5) is 5.69 Å². The Bertz CT molecular complexity index is 878. The lowest BCUT2D eigenvalue weighted by Gasteiger charge is -2.37. The summed E-state index contributed by atoms with van der Waals surface area (Å²) in [6.07, 6.45) is 7.07. The summed E-state index contributed by atoms with van der Waals surface area (Å²) in [6, 6.07) is 5.22. The van der Waals surface area contributed by atoms with Gasteiger partial charge < -0.3 is 5.32 Å². The van der Waals surface area contributed by atoms with Gasteiger partial charge in [0.2, 0.25) is 17.7 Å². The van der Waals surface area contributed by atoms with Crippen LogP contribution in [0.3, 0.4) is 0 Å². The third kappa shape index (κ3) is 2.55. The molecule has 7 atom stereocenters. The SMILES string of the molecule is CCc1cccc(CC)c1NC(=O)[C@H](C)N1C(=O)[C@@H]2[C@H]3C=C[C@@H]([C@@H]4C[C@H]34)[C@@H]2C1=O. The maximum Gasteiger partial charge on any atom is 0.247 e. The monoisotopic (exact) mass is 392 g/mol. The average Bonchev–Trinajstić information content (AvgIpc) is 3.51. The van der Waals surface area contributed by atoms with Crippen molar-refractivity contribution in [1.29, 1.82) is 0 Å². The zero-order valence-corrected chi connectivity index (χ0v) is 17.2. The van der Waals surface area contributed by atoms with Crippen molar-refractivity contribution in [3.05, 3.63) is 41.5 Å². The fourth-order valence-corrected chi connectivity index (χ4v) is 6.11. The number of hydrogen-bond acceptors (Lipinski definition) is 3. The highest BCUT2D eigenvalue weighted by molar-refractivity contribution is 6.10. The minimum Gasteiger partial charge on any atom is -0.324 e. The first-order chi connectivity index (χ1) is 14.0. The first kappa shape index (κ1) is 18.6. The molecule has 0 unspecified atom stereocenters. The van der Waals surface area contributed by atoms with Gasteiger partial charge in [-0.05, 0) is 61.0 Å². The number of likely N-dealkylation sites (tertiary alicyclic amines) is 1. The van der Waals surface area contributed by atoms with Gasteiger partial charge in [0.25, 0.3) is 0 Å². The van der Waals surface area contributed by atoms with Gasteiger partial charge in [-0.2, -0.15) is 0 Å². The molecule has 5 nitrogen and oxygen atoms in total. The standard InChI is InChI=1S/C24H28N2O3/c1-4-13-7-6-8-14(5-2)21(13)25-22(27)12(3)26-23(28)19-15-9-10-16(18-11-17(15)18)20(19)24(26)29/h6-10,12,15-20H,4-5,11H2,1-3H3,(H,25,27)/t12-,15-,16-,17-,18+,19-,20+/m0/s1. The number of para-hydroxylation sites is 1. The second-order valence-electron chi connectivity index (χ2n) is 9.02. The normalized spacial score (nSPS) is 34.8. The lowest BCUT2D eigenvalue weighted by molar-refractivity contribution is -0.146. The largest absolute Gasteiger partial charge is 0.324 e. The molecule has 3 amide bonds. The second kappa shape index (κ2) is 6.54. The van der Waals surface area contributed by atoms with Crippen molar-refractivity contribution < 1.29 is 14.4 Å². The zero-order chi connectivity index (χ0) is 20.4. The first-order valence-corrected chi connectivity index (χ1v) is 10.9. The van der Waals surface area contributed by atoms with E-state index >= 15 is 0 Å². The van der Waals surface area contributed by atoms with Crippen molar-refractivity contribution in [2.45, 2.75) is 46.1 Å². The number of rotatable bonds is 5. The van der Waals surface area contributed by atoms with Gasteiger partial charge in [-0.15, -0.1) is 0 Å². The Morgan fingerprint density at radius 1 is 1.03 bits per heavy atom. The van der Waals surface area contributed by atoms with Gasteiger partial charge >= 0.3 is 0 Å². The Labute approximate surface area is 171 Å². The first-order valence-electron chi connectivity index (χ1n) is 10.9. The highest BCUT2D eigenvalue weighted by Gasteiger charge is 2.67. The number of allylic oxidation sites excluding steroid dienone is 2. The van der Waals surface area contributed by atoms with E-state index in [4.69, 9.17) is 0 Å². The third-order valence-electron chi connectivity index (χ3n) is 7.71. The Balaban J connectivity index is 1.39. The van der Waals surface area contributed by atoms with Crippen LogP contribution >= 0.6 is 0 Å². The molecule has 1 aliphatic heterocycles. The van der Waals surface area contributed by atoms with E-state index in [1.54, 1.807) is 6.92 Å². The van der Waals surface area contributed by atoms with Gasteiger partial charge in [0.1, 0.15) is 6.04 Å². The van der Waals surface area contributed by atoms with E-state index in [1.165, 1.54) is 4.90 Å². The molecule has 1 aromatic rings. The van der Waals surface area contributed by atoms with Crippen molar-refractivity contribution in [1.82, 2.24) is 4.90 Å². The molecule has 4 aliphatic carbocycles. The topological polar surface area (TPSA) is 66.5 Å². The Morgan fingerprint density at radius 3 is 2.03 bits per heavy atom. The van der Waals surface area contributed by atoms with Gasteiger partial charge in [-0.25, -0.2) is 0 Å². The highest BCUT2D eigenvalue weighted by Crippen LogP contribution is 2.65. The number of benzene rings is 1. The van der Waals surface area contributed by atoms with Gasteiger partial charge in [-0.1, -0.05) is 44.2 Å². The molecule has 3 fully saturated rings. The number of imide groups is 1. The summed E-state index contributed by atoms with van der Waals surface area (Å²) in [5.74, 6) is 0.394. The molecule has 1 saturated heterocycles. The van der Waals surface area contributed by atoms with Crippen LogP contribution in [-0.2, 0) is 27.2 Å². The molecular formula is C24H28N2O3. The van der Waals surface area contributed by atoms with Crippen molar-refractivity contribution in [2.24, 2.45) is 35.5 Å². The maximum absolute atomic E-state index is 13.2. The fourth-order valence-electron chi connectivity index (χ4n) is 6.11. The van der Waals surface area contributed by atoms with E-state index in [9.17, 15) is 14.4 Å². The molecule has 1 heterocycles. The van der Waals surface area contributed by atoms with E-state index in [1.807, 2.05) is 18.2 Å². The fraction of sp³-hybridized carbons (Fsp3) is 0.542. The molecule has 1 N–H and O–H groups in total. The zero-order valence-electron chi connectivity index (χ0n) is 17.2. The van der Waals surface area contributed by atoms with E-state index in [0.717, 1.165) is 36.1 Å². The molecule has 2 saturated carbocycles. The predicted molar refractivity (Wildman–Crippen MR) is 110 cm³/mol. The van der Waals surface area contributed by atoms with Gasteiger partial charge in [-0.3, -0.25) is 19.3 Å². The van der Waals surface area contributed by atoms with Gasteiger partial charge in [0, 0.05) is 5.69 Å². The number of nitrogens with one attached hydrogen (secondary N) is 1. The summed E-state index contributed by atoms with van der Waals surface area (Å²) in [5.41, 5.74) is 2.97. The average molecular weight is 392 g/mol. The summed E-state index contributed by atoms with van der Waals surface area (Å²) >= 11 is 0. The van der Waals surface area contributed by atoms with Crippen LogP contribution in [0, 0.1) is 35.5 Å². The molecule has 1 aromatic carbocycles. The number of hydrogen-bond donors (Lipinski definition) is 1. The summed E-state index contributed by atoms with van der Waals surface area (Å²) in [4.78, 5) is 40.9. The van der Waals surface area contributed by atoms with Crippen LogP contribution in [0.25, 0.3) is 0 Å².